The summed E-state index contributed by atoms with van der Waals surface area (Å²) >= 11 is 0. The molecule has 1 aliphatic heterocycles. The highest BCUT2D eigenvalue weighted by Gasteiger charge is 2.32. The molecule has 0 saturated carbocycles. The van der Waals surface area contributed by atoms with E-state index in [1.807, 2.05) is 0 Å². The van der Waals surface area contributed by atoms with Crippen molar-refractivity contribution in [3.8, 4) is 0 Å². The van der Waals surface area contributed by atoms with E-state index in [4.69, 9.17) is 8.85 Å². The van der Waals surface area contributed by atoms with Crippen LogP contribution >= 0.6 is 0 Å². The first-order chi connectivity index (χ1) is 9.34. The van der Waals surface area contributed by atoms with Gasteiger partial charge in [-0.25, -0.2) is 0 Å². The van der Waals surface area contributed by atoms with Crippen LogP contribution in [-0.2, 0) is 8.85 Å². The van der Waals surface area contributed by atoms with Gasteiger partial charge in [-0.15, -0.1) is 0 Å². The van der Waals surface area contributed by atoms with Crippen molar-refractivity contribution in [3.05, 3.63) is 0 Å². The van der Waals surface area contributed by atoms with Gasteiger partial charge in [-0.3, -0.25) is 0 Å². The third kappa shape index (κ3) is 6.50. The summed E-state index contributed by atoms with van der Waals surface area (Å²) in [5, 5.41) is 0. The highest BCUT2D eigenvalue weighted by Crippen LogP contribution is 2.18. The lowest BCUT2D eigenvalue weighted by molar-refractivity contribution is 0.108. The van der Waals surface area contributed by atoms with Crippen LogP contribution < -0.4 is 0 Å². The average Bonchev–Trinajstić information content (AvgIpc) is 2.31. The van der Waals surface area contributed by atoms with Gasteiger partial charge in [0.15, 0.2) is 0 Å². The summed E-state index contributed by atoms with van der Waals surface area (Å²) in [4.78, 5) is 2.28. The first-order valence-corrected chi connectivity index (χ1v) is 16.2. The molecule has 1 saturated heterocycles. The van der Waals surface area contributed by atoms with Crippen LogP contribution in [0.1, 0.15) is 6.42 Å². The van der Waals surface area contributed by atoms with Gasteiger partial charge in [0.2, 0.25) is 0 Å². The number of likely N-dealkylation sites (N-methyl/N-ethyl adjacent to an activating group) is 1. The molecule has 0 unspecified atom stereocenters. The van der Waals surface area contributed by atoms with Gasteiger partial charge in [-0.05, 0) is 32.6 Å². The fourth-order valence-corrected chi connectivity index (χ4v) is 11.2. The van der Waals surface area contributed by atoms with Gasteiger partial charge in [-0.1, -0.05) is 26.2 Å². The molecule has 1 rings (SSSR count). The zero-order chi connectivity index (χ0) is 15.2. The number of hydrogen-bond donors (Lipinski definition) is 0. The largest absolute Gasteiger partial charge is 0.393 e. The van der Waals surface area contributed by atoms with E-state index in [-0.39, 0.29) is 0 Å². The summed E-state index contributed by atoms with van der Waals surface area (Å²) in [6.07, 6.45) is 1.24. The highest BCUT2D eigenvalue weighted by atomic mass is 28.4. The van der Waals surface area contributed by atoms with Crippen molar-refractivity contribution in [2.45, 2.75) is 45.2 Å². The van der Waals surface area contributed by atoms with Crippen LogP contribution in [0.2, 0.25) is 38.8 Å². The predicted molar refractivity (Wildman–Crippen MR) is 94.9 cm³/mol. The Bertz CT molecular complexity index is 262. The van der Waals surface area contributed by atoms with Crippen LogP contribution in [0.4, 0.5) is 0 Å². The summed E-state index contributed by atoms with van der Waals surface area (Å²) in [5.74, 6) is 0. The summed E-state index contributed by atoms with van der Waals surface area (Å²) in [7, 11) is -1.06. The van der Waals surface area contributed by atoms with Crippen LogP contribution in [0.15, 0.2) is 0 Å². The molecule has 20 heavy (non-hydrogen) atoms. The zero-order valence-electron chi connectivity index (χ0n) is 14.3. The Morgan fingerprint density at radius 1 is 1.05 bits per heavy atom. The fraction of sp³-hybridized carbons (Fsp3) is 1.00. The molecule has 0 aliphatic carbocycles. The minimum atomic E-state index is -1.91. The lowest BCUT2D eigenvalue weighted by Crippen LogP contribution is -2.47. The van der Waals surface area contributed by atoms with Gasteiger partial charge in [0.25, 0.3) is 0 Å². The Balaban J connectivity index is 2.38. The van der Waals surface area contributed by atoms with E-state index >= 15 is 0 Å². The van der Waals surface area contributed by atoms with Crippen molar-refractivity contribution in [1.29, 1.82) is 0 Å². The molecule has 4 nitrogen and oxygen atoms in total. The molecular formula is C13H34N2O2Si3. The Morgan fingerprint density at radius 3 is 2.00 bits per heavy atom. The van der Waals surface area contributed by atoms with Gasteiger partial charge < -0.3 is 18.0 Å². The van der Waals surface area contributed by atoms with Gasteiger partial charge in [0, 0.05) is 26.3 Å². The molecular weight excluding hydrogens is 300 g/mol. The monoisotopic (exact) mass is 334 g/mol. The molecule has 0 spiro atoms. The van der Waals surface area contributed by atoms with E-state index in [0.717, 1.165) is 32.3 Å². The summed E-state index contributed by atoms with van der Waals surface area (Å²) in [6.45, 7) is 17.1. The minimum Gasteiger partial charge on any atom is -0.393 e. The molecule has 0 N–H and O–H groups in total. The van der Waals surface area contributed by atoms with Crippen molar-refractivity contribution in [3.63, 3.8) is 0 Å². The maximum Gasteiger partial charge on any atom is 0.335 e. The van der Waals surface area contributed by atoms with Gasteiger partial charge in [-0.2, -0.15) is 0 Å². The Labute approximate surface area is 130 Å². The Hall–Kier alpha value is 0.491. The molecule has 0 aromatic heterocycles. The molecule has 0 bridgehead atoms. The first kappa shape index (κ1) is 18.5. The lowest BCUT2D eigenvalue weighted by atomic mass is 10.5. The summed E-state index contributed by atoms with van der Waals surface area (Å²) in [5.41, 5.74) is 0. The topological polar surface area (TPSA) is 24.9 Å². The minimum absolute atomic E-state index is 0.642. The lowest BCUT2D eigenvalue weighted by Gasteiger charge is -2.34. The molecule has 120 valence electrons. The summed E-state index contributed by atoms with van der Waals surface area (Å²) in [6, 6.07) is 1.15. The molecule has 7 heteroatoms. The normalized spacial score (nSPS) is 21.4. The molecule has 0 aromatic rings. The second-order valence-corrected chi connectivity index (χ2v) is 16.3. The quantitative estimate of drug-likeness (QED) is 0.690. The number of hydrogen-bond acceptors (Lipinski definition) is 4. The van der Waals surface area contributed by atoms with E-state index in [9.17, 15) is 0 Å². The van der Waals surface area contributed by atoms with E-state index in [2.05, 4.69) is 48.9 Å². The van der Waals surface area contributed by atoms with E-state index in [1.165, 1.54) is 13.0 Å². The SMILES string of the molecule is CN1CCO[Si](C)(CCCN([SiH](C)C)[SiH](C)C)OCC1. The molecule has 1 fully saturated rings. The average molecular weight is 335 g/mol. The maximum atomic E-state index is 6.12. The van der Waals surface area contributed by atoms with Gasteiger partial charge in [0.1, 0.15) is 0 Å². The van der Waals surface area contributed by atoms with Crippen LogP contribution in [0.3, 0.4) is 0 Å². The highest BCUT2D eigenvalue weighted by molar-refractivity contribution is 6.70. The number of nitrogens with zero attached hydrogens (tertiary/aromatic N) is 2. The van der Waals surface area contributed by atoms with E-state index in [0.29, 0.717) is 0 Å². The zero-order valence-corrected chi connectivity index (χ0v) is 17.6. The maximum absolute atomic E-state index is 6.12. The van der Waals surface area contributed by atoms with Crippen molar-refractivity contribution < 1.29 is 8.85 Å². The van der Waals surface area contributed by atoms with Crippen molar-refractivity contribution >= 4 is 26.5 Å². The molecule has 0 aromatic carbocycles. The molecule has 0 amide bonds. The predicted octanol–water partition coefficient (Wildman–Crippen LogP) is 1.70. The van der Waals surface area contributed by atoms with Gasteiger partial charge >= 0.3 is 8.56 Å². The third-order valence-corrected chi connectivity index (χ3v) is 13.8. The third-order valence-electron chi connectivity index (χ3n) is 4.13. The molecule has 0 radical (unpaired) electrons. The van der Waals surface area contributed by atoms with Crippen LogP contribution in [0, 0.1) is 0 Å². The van der Waals surface area contributed by atoms with Gasteiger partial charge in [0.05, 0.1) is 17.9 Å². The van der Waals surface area contributed by atoms with Crippen LogP contribution in [0.5, 0.6) is 0 Å². The smallest absolute Gasteiger partial charge is 0.335 e. The van der Waals surface area contributed by atoms with E-state index in [1.54, 1.807) is 0 Å². The standard InChI is InChI=1S/C13H34N2O2Si3/c1-14-9-11-16-20(6,17-12-10-14)13-7-8-15(18(2)3)19(4)5/h18-19H,7-13H2,1-6H3. The second-order valence-electron chi connectivity index (χ2n) is 6.66. The Morgan fingerprint density at radius 2 is 1.55 bits per heavy atom. The molecule has 1 aliphatic rings. The number of rotatable bonds is 6. The van der Waals surface area contributed by atoms with E-state index < -0.39 is 26.5 Å². The van der Waals surface area contributed by atoms with Crippen LogP contribution in [-0.4, -0.2) is 75.5 Å². The first-order valence-electron chi connectivity index (χ1n) is 8.06. The van der Waals surface area contributed by atoms with Crippen LogP contribution in [0.25, 0.3) is 0 Å². The van der Waals surface area contributed by atoms with Crippen molar-refractivity contribution in [1.82, 2.24) is 9.13 Å². The fourth-order valence-electron chi connectivity index (χ4n) is 2.83. The van der Waals surface area contributed by atoms with Crippen molar-refractivity contribution in [2.24, 2.45) is 0 Å². The van der Waals surface area contributed by atoms with Crippen molar-refractivity contribution in [2.75, 3.05) is 39.9 Å². The second kappa shape index (κ2) is 8.82. The summed E-state index contributed by atoms with van der Waals surface area (Å²) < 4.78 is 15.1. The molecule has 1 heterocycles. The molecule has 0 atom stereocenters. The Kier molecular flexibility index (Phi) is 8.17.